The van der Waals surface area contributed by atoms with Crippen molar-refractivity contribution in [2.45, 2.75) is 27.3 Å². The lowest BCUT2D eigenvalue weighted by molar-refractivity contribution is 0.0519. The van der Waals surface area contributed by atoms with Gasteiger partial charge in [0.1, 0.15) is 0 Å². The second kappa shape index (κ2) is 6.72. The molecule has 1 aromatic heterocycles. The molecule has 0 spiro atoms. The van der Waals surface area contributed by atoms with Crippen molar-refractivity contribution in [3.63, 3.8) is 0 Å². The number of esters is 1. The molecule has 0 fully saturated rings. The van der Waals surface area contributed by atoms with Gasteiger partial charge in [0.2, 0.25) is 0 Å². The molecule has 21 heavy (non-hydrogen) atoms. The Bertz CT molecular complexity index is 620. The van der Waals surface area contributed by atoms with Crippen LogP contribution in [0.15, 0.2) is 24.3 Å². The highest BCUT2D eigenvalue weighted by Crippen LogP contribution is 2.26. The number of hydrogen-bond acceptors (Lipinski definition) is 5. The van der Waals surface area contributed by atoms with Gasteiger partial charge in [-0.2, -0.15) is 0 Å². The standard InChI is InChI=1S/C16H20N2O2S/c1-5-20-15(19)14-12(3)21-16(17-14)18(4)10-13-8-6-11(2)7-9-13/h6-9H,5,10H2,1-4H3. The first-order valence-corrected chi connectivity index (χ1v) is 7.74. The zero-order chi connectivity index (χ0) is 15.4. The normalized spacial score (nSPS) is 10.5. The van der Waals surface area contributed by atoms with E-state index >= 15 is 0 Å². The third-order valence-corrected chi connectivity index (χ3v) is 4.21. The van der Waals surface area contributed by atoms with E-state index in [2.05, 4.69) is 36.2 Å². The molecule has 0 amide bonds. The number of hydrogen-bond donors (Lipinski definition) is 0. The zero-order valence-electron chi connectivity index (χ0n) is 12.8. The van der Waals surface area contributed by atoms with E-state index in [0.29, 0.717) is 12.3 Å². The molecular weight excluding hydrogens is 284 g/mol. The number of carbonyl (C=O) groups excluding carboxylic acids is 1. The summed E-state index contributed by atoms with van der Waals surface area (Å²) in [6.07, 6.45) is 0. The molecule has 0 saturated carbocycles. The molecule has 0 aliphatic heterocycles. The molecule has 0 radical (unpaired) electrons. The van der Waals surface area contributed by atoms with Crippen LogP contribution in [0.3, 0.4) is 0 Å². The van der Waals surface area contributed by atoms with Gasteiger partial charge in [-0.15, -0.1) is 11.3 Å². The van der Waals surface area contributed by atoms with Crippen LogP contribution in [0.1, 0.15) is 33.4 Å². The van der Waals surface area contributed by atoms with Gasteiger partial charge in [0, 0.05) is 18.5 Å². The lowest BCUT2D eigenvalue weighted by Crippen LogP contribution is -2.16. The van der Waals surface area contributed by atoms with Crippen LogP contribution in [-0.4, -0.2) is 24.6 Å². The lowest BCUT2D eigenvalue weighted by atomic mass is 10.1. The van der Waals surface area contributed by atoms with Crippen LogP contribution < -0.4 is 4.90 Å². The minimum atomic E-state index is -0.346. The summed E-state index contributed by atoms with van der Waals surface area (Å²) in [5, 5.41) is 0.830. The molecule has 2 aromatic rings. The van der Waals surface area contributed by atoms with Crippen LogP contribution in [0.4, 0.5) is 5.13 Å². The predicted molar refractivity (Wildman–Crippen MR) is 86.1 cm³/mol. The summed E-state index contributed by atoms with van der Waals surface area (Å²) in [5.41, 5.74) is 2.89. The molecule has 0 N–H and O–H groups in total. The number of aryl methyl sites for hydroxylation is 2. The van der Waals surface area contributed by atoms with Crippen molar-refractivity contribution < 1.29 is 9.53 Å². The summed E-state index contributed by atoms with van der Waals surface area (Å²) in [5.74, 6) is -0.346. The van der Waals surface area contributed by atoms with E-state index in [4.69, 9.17) is 4.74 Å². The van der Waals surface area contributed by atoms with E-state index in [9.17, 15) is 4.79 Å². The molecule has 0 aliphatic rings. The van der Waals surface area contributed by atoms with Crippen molar-refractivity contribution in [1.82, 2.24) is 4.98 Å². The van der Waals surface area contributed by atoms with Gasteiger partial charge in [-0.1, -0.05) is 29.8 Å². The molecule has 0 saturated heterocycles. The maximum Gasteiger partial charge on any atom is 0.358 e. The zero-order valence-corrected chi connectivity index (χ0v) is 13.7. The van der Waals surface area contributed by atoms with Gasteiger partial charge in [0.05, 0.1) is 6.61 Å². The van der Waals surface area contributed by atoms with Gasteiger partial charge in [0.15, 0.2) is 10.8 Å². The Hall–Kier alpha value is -1.88. The molecule has 112 valence electrons. The number of anilines is 1. The highest BCUT2D eigenvalue weighted by Gasteiger charge is 2.18. The number of rotatable bonds is 5. The maximum atomic E-state index is 11.8. The molecule has 5 heteroatoms. The third-order valence-electron chi connectivity index (χ3n) is 3.12. The molecule has 0 atom stereocenters. The van der Waals surface area contributed by atoms with E-state index in [1.54, 1.807) is 6.92 Å². The fraction of sp³-hybridized carbons (Fsp3) is 0.375. The Balaban J connectivity index is 2.12. The van der Waals surface area contributed by atoms with Crippen LogP contribution in [0.25, 0.3) is 0 Å². The number of nitrogens with zero attached hydrogens (tertiary/aromatic N) is 2. The lowest BCUT2D eigenvalue weighted by Gasteiger charge is -2.15. The highest BCUT2D eigenvalue weighted by molar-refractivity contribution is 7.15. The number of benzene rings is 1. The van der Waals surface area contributed by atoms with Crippen LogP contribution in [-0.2, 0) is 11.3 Å². The van der Waals surface area contributed by atoms with Gasteiger partial charge >= 0.3 is 5.97 Å². The highest BCUT2D eigenvalue weighted by atomic mass is 32.1. The first-order chi connectivity index (χ1) is 10.0. The van der Waals surface area contributed by atoms with Crippen LogP contribution in [0.2, 0.25) is 0 Å². The molecule has 4 nitrogen and oxygen atoms in total. The molecule has 0 aliphatic carbocycles. The van der Waals surface area contributed by atoms with E-state index < -0.39 is 0 Å². The second-order valence-electron chi connectivity index (χ2n) is 4.96. The van der Waals surface area contributed by atoms with Crippen LogP contribution in [0.5, 0.6) is 0 Å². The predicted octanol–water partition coefficient (Wildman–Crippen LogP) is 3.57. The summed E-state index contributed by atoms with van der Waals surface area (Å²) in [6, 6.07) is 8.41. The minimum Gasteiger partial charge on any atom is -0.461 e. The Morgan fingerprint density at radius 2 is 1.95 bits per heavy atom. The molecule has 0 bridgehead atoms. The van der Waals surface area contributed by atoms with Gasteiger partial charge in [-0.05, 0) is 26.3 Å². The topological polar surface area (TPSA) is 42.4 Å². The van der Waals surface area contributed by atoms with Crippen LogP contribution >= 0.6 is 11.3 Å². The molecule has 2 rings (SSSR count). The summed E-state index contributed by atoms with van der Waals surface area (Å²) in [4.78, 5) is 19.1. The maximum absolute atomic E-state index is 11.8. The number of thiazole rings is 1. The average Bonchev–Trinajstić information content (AvgIpc) is 2.84. The van der Waals surface area contributed by atoms with Crippen molar-refractivity contribution >= 4 is 22.4 Å². The Kier molecular flexibility index (Phi) is 4.96. The van der Waals surface area contributed by atoms with E-state index in [1.165, 1.54) is 22.5 Å². The SMILES string of the molecule is CCOC(=O)c1nc(N(C)Cc2ccc(C)cc2)sc1C. The fourth-order valence-corrected chi connectivity index (χ4v) is 2.83. The number of aromatic nitrogens is 1. The van der Waals surface area contributed by atoms with Gasteiger partial charge in [0.25, 0.3) is 0 Å². The first kappa shape index (κ1) is 15.5. The Labute approximate surface area is 129 Å². The largest absolute Gasteiger partial charge is 0.461 e. The molecular formula is C16H20N2O2S. The first-order valence-electron chi connectivity index (χ1n) is 6.92. The fourth-order valence-electron chi connectivity index (χ4n) is 1.97. The molecule has 1 heterocycles. The van der Waals surface area contributed by atoms with E-state index in [0.717, 1.165) is 16.6 Å². The van der Waals surface area contributed by atoms with Crippen molar-refractivity contribution in [3.05, 3.63) is 46.0 Å². The molecule has 0 unspecified atom stereocenters. The number of ether oxygens (including phenoxy) is 1. The number of carbonyl (C=O) groups is 1. The second-order valence-corrected chi connectivity index (χ2v) is 6.15. The summed E-state index contributed by atoms with van der Waals surface area (Å²) in [7, 11) is 1.98. The smallest absolute Gasteiger partial charge is 0.358 e. The van der Waals surface area contributed by atoms with Crippen molar-refractivity contribution in [2.75, 3.05) is 18.6 Å². The average molecular weight is 304 g/mol. The quantitative estimate of drug-likeness (QED) is 0.792. The van der Waals surface area contributed by atoms with Crippen molar-refractivity contribution in [3.8, 4) is 0 Å². The van der Waals surface area contributed by atoms with Crippen molar-refractivity contribution in [2.24, 2.45) is 0 Å². The monoisotopic (exact) mass is 304 g/mol. The third kappa shape index (κ3) is 3.82. The summed E-state index contributed by atoms with van der Waals surface area (Å²) in [6.45, 7) is 6.89. The van der Waals surface area contributed by atoms with Crippen molar-refractivity contribution in [1.29, 1.82) is 0 Å². The summed E-state index contributed by atoms with van der Waals surface area (Å²) >= 11 is 1.51. The van der Waals surface area contributed by atoms with Gasteiger partial charge in [-0.3, -0.25) is 0 Å². The van der Waals surface area contributed by atoms with Crippen LogP contribution in [0, 0.1) is 13.8 Å². The Morgan fingerprint density at radius 1 is 1.29 bits per heavy atom. The van der Waals surface area contributed by atoms with Gasteiger partial charge < -0.3 is 9.64 Å². The van der Waals surface area contributed by atoms with E-state index in [-0.39, 0.29) is 5.97 Å². The Morgan fingerprint density at radius 3 is 2.57 bits per heavy atom. The molecule has 1 aromatic carbocycles. The van der Waals surface area contributed by atoms with Gasteiger partial charge in [-0.25, -0.2) is 9.78 Å². The summed E-state index contributed by atoms with van der Waals surface area (Å²) < 4.78 is 5.02. The minimum absolute atomic E-state index is 0.346. The van der Waals surface area contributed by atoms with E-state index in [1.807, 2.05) is 18.9 Å².